The third-order valence-corrected chi connectivity index (χ3v) is 2.43. The van der Waals surface area contributed by atoms with E-state index in [0.29, 0.717) is 0 Å². The van der Waals surface area contributed by atoms with Gasteiger partial charge in [-0.05, 0) is 0 Å². The van der Waals surface area contributed by atoms with Gasteiger partial charge in [0.25, 0.3) is 0 Å². The summed E-state index contributed by atoms with van der Waals surface area (Å²) in [6.07, 6.45) is 2.15. The number of hydrogen-bond donors (Lipinski definition) is 0. The molecule has 0 saturated heterocycles. The van der Waals surface area contributed by atoms with E-state index in [1.807, 2.05) is 18.2 Å². The average Bonchev–Trinajstić information content (AvgIpc) is 2.17. The minimum atomic E-state index is 0.150. The molecule has 0 N–H and O–H groups in total. The van der Waals surface area contributed by atoms with Gasteiger partial charge in [-0.3, -0.25) is 0 Å². The number of carbonyl (C=O) groups excluding carboxylic acids is 1. The molecule has 13 heavy (non-hydrogen) atoms. The molecule has 1 aromatic rings. The second kappa shape index (κ2) is 3.29. The first-order chi connectivity index (χ1) is 6.27. The van der Waals surface area contributed by atoms with Crippen molar-refractivity contribution in [1.82, 2.24) is 0 Å². The fraction of sp³-hybridized carbons (Fsp3) is 0.273. The Morgan fingerprint density at radius 3 is 3.08 bits per heavy atom. The second-order valence-corrected chi connectivity index (χ2v) is 3.41. The van der Waals surface area contributed by atoms with Crippen molar-refractivity contribution >= 4 is 24.1 Å². The van der Waals surface area contributed by atoms with Crippen molar-refractivity contribution in [2.24, 2.45) is 0 Å². The summed E-state index contributed by atoms with van der Waals surface area (Å²) in [6.45, 7) is 3.74. The molecule has 1 aliphatic rings. The van der Waals surface area contributed by atoms with Crippen LogP contribution in [0.2, 0.25) is 0 Å². The zero-order valence-electron chi connectivity index (χ0n) is 7.71. The summed E-state index contributed by atoms with van der Waals surface area (Å²) in [5.41, 5.74) is 3.39. The van der Waals surface area contributed by atoms with Crippen molar-refractivity contribution in [3.05, 3.63) is 29.3 Å². The maximum atomic E-state index is 11.1. The third kappa shape index (κ3) is 1.62. The van der Waals surface area contributed by atoms with Gasteiger partial charge in [-0.25, -0.2) is 0 Å². The summed E-state index contributed by atoms with van der Waals surface area (Å²) in [4.78, 5) is 11.1. The summed E-state index contributed by atoms with van der Waals surface area (Å²) < 4.78 is 0. The van der Waals surface area contributed by atoms with Gasteiger partial charge in [0.05, 0.1) is 0 Å². The number of rotatable bonds is 1. The van der Waals surface area contributed by atoms with Gasteiger partial charge in [-0.1, -0.05) is 0 Å². The first kappa shape index (κ1) is 8.42. The molecule has 1 heterocycles. The number of ketones is 1. The van der Waals surface area contributed by atoms with Crippen LogP contribution in [0, 0.1) is 0 Å². The molecule has 64 valence electrons. The van der Waals surface area contributed by atoms with E-state index in [0.717, 1.165) is 18.4 Å². The van der Waals surface area contributed by atoms with Crippen LogP contribution in [-0.2, 0) is 6.42 Å². The zero-order valence-corrected chi connectivity index (χ0v) is 7.71. The Balaban J connectivity index is 2.48. The fourth-order valence-corrected chi connectivity index (χ4v) is 1.65. The zero-order chi connectivity index (χ0) is 9.26. The number of carbonyl (C=O) groups is 1. The fourth-order valence-electron chi connectivity index (χ4n) is 1.65. The standard InChI is InChI=1S/C11H11BO/c1-8(13)9-4-5-11-10(7-9)3-2-6-12-11/h4-7H,2-3H2,1H3. The van der Waals surface area contributed by atoms with Crippen LogP contribution in [-0.4, -0.2) is 18.7 Å². The number of hydrogen-bond acceptors (Lipinski definition) is 1. The Labute approximate surface area is 78.7 Å². The van der Waals surface area contributed by atoms with Crippen molar-refractivity contribution in [2.75, 3.05) is 0 Å². The van der Waals surface area contributed by atoms with Gasteiger partial charge in [0.2, 0.25) is 0 Å². The summed E-state index contributed by atoms with van der Waals surface area (Å²) in [7, 11) is 0. The van der Waals surface area contributed by atoms with Crippen molar-refractivity contribution in [2.45, 2.75) is 19.8 Å². The van der Waals surface area contributed by atoms with Gasteiger partial charge in [0.1, 0.15) is 0 Å². The van der Waals surface area contributed by atoms with E-state index in [-0.39, 0.29) is 5.78 Å². The van der Waals surface area contributed by atoms with Gasteiger partial charge < -0.3 is 0 Å². The molecule has 1 aromatic carbocycles. The monoisotopic (exact) mass is 170 g/mol. The molecule has 0 aliphatic carbocycles. The van der Waals surface area contributed by atoms with Crippen LogP contribution in [0.1, 0.15) is 29.3 Å². The predicted octanol–water partition coefficient (Wildman–Crippen LogP) is 0.967. The van der Waals surface area contributed by atoms with E-state index in [4.69, 9.17) is 0 Å². The molecule has 0 atom stereocenters. The van der Waals surface area contributed by atoms with Crippen LogP contribution in [0.5, 0.6) is 0 Å². The molecule has 0 saturated carbocycles. The van der Waals surface area contributed by atoms with Crippen molar-refractivity contribution in [1.29, 1.82) is 0 Å². The number of aryl methyl sites for hydroxylation is 1. The number of benzene rings is 1. The topological polar surface area (TPSA) is 17.1 Å². The van der Waals surface area contributed by atoms with E-state index in [2.05, 4.69) is 12.9 Å². The predicted molar refractivity (Wildman–Crippen MR) is 56.2 cm³/mol. The quantitative estimate of drug-likeness (QED) is 0.453. The third-order valence-electron chi connectivity index (χ3n) is 2.43. The van der Waals surface area contributed by atoms with Crippen molar-refractivity contribution in [3.8, 4) is 0 Å². The molecule has 0 amide bonds. The SMILES string of the molecule is CC(=O)c1ccc2c(c1)CCC=B2. The van der Waals surface area contributed by atoms with Crippen LogP contribution < -0.4 is 5.46 Å². The summed E-state index contributed by atoms with van der Waals surface area (Å²) in [6, 6.07) is 5.94. The summed E-state index contributed by atoms with van der Waals surface area (Å²) in [5, 5.41) is 0. The molecule has 0 radical (unpaired) electrons. The van der Waals surface area contributed by atoms with E-state index in [9.17, 15) is 4.79 Å². The molecular weight excluding hydrogens is 159 g/mol. The molecule has 0 bridgehead atoms. The van der Waals surface area contributed by atoms with E-state index < -0.39 is 0 Å². The molecule has 2 rings (SSSR count). The Bertz CT molecular complexity index is 380. The maximum absolute atomic E-state index is 11.1. The minimum absolute atomic E-state index is 0.150. The number of fused-ring (bicyclic) bond motifs is 1. The van der Waals surface area contributed by atoms with Gasteiger partial charge in [-0.15, -0.1) is 0 Å². The van der Waals surface area contributed by atoms with Gasteiger partial charge in [0.15, 0.2) is 0 Å². The Kier molecular flexibility index (Phi) is 2.13. The van der Waals surface area contributed by atoms with E-state index in [1.54, 1.807) is 6.92 Å². The number of Topliss-reactive ketones (excluding diaryl/α,β-unsaturated/α-hetero) is 1. The first-order valence-corrected chi connectivity index (χ1v) is 4.58. The van der Waals surface area contributed by atoms with Gasteiger partial charge in [0, 0.05) is 0 Å². The summed E-state index contributed by atoms with van der Waals surface area (Å²) >= 11 is 0. The Morgan fingerprint density at radius 2 is 2.31 bits per heavy atom. The molecule has 0 spiro atoms. The van der Waals surface area contributed by atoms with Crippen LogP contribution >= 0.6 is 0 Å². The van der Waals surface area contributed by atoms with E-state index in [1.165, 1.54) is 11.0 Å². The molecule has 0 aromatic heterocycles. The molecule has 0 unspecified atom stereocenters. The molecule has 2 heteroatoms. The first-order valence-electron chi connectivity index (χ1n) is 4.58. The van der Waals surface area contributed by atoms with Gasteiger partial charge in [-0.2, -0.15) is 0 Å². The van der Waals surface area contributed by atoms with Crippen LogP contribution in [0.3, 0.4) is 0 Å². The summed E-state index contributed by atoms with van der Waals surface area (Å²) in [5.74, 6) is 2.33. The second-order valence-electron chi connectivity index (χ2n) is 3.41. The molecule has 0 fully saturated rings. The van der Waals surface area contributed by atoms with Crippen molar-refractivity contribution in [3.63, 3.8) is 0 Å². The molecular formula is C11H11BO. The molecule has 1 nitrogen and oxygen atoms in total. The van der Waals surface area contributed by atoms with Crippen LogP contribution in [0.15, 0.2) is 18.2 Å². The van der Waals surface area contributed by atoms with Crippen molar-refractivity contribution < 1.29 is 4.79 Å². The van der Waals surface area contributed by atoms with Crippen LogP contribution in [0.25, 0.3) is 0 Å². The van der Waals surface area contributed by atoms with E-state index >= 15 is 0 Å². The normalized spacial score (nSPS) is 13.3. The molecule has 1 aliphatic heterocycles. The van der Waals surface area contributed by atoms with Crippen LogP contribution in [0.4, 0.5) is 0 Å². The van der Waals surface area contributed by atoms with Gasteiger partial charge >= 0.3 is 78.0 Å². The Morgan fingerprint density at radius 1 is 1.46 bits per heavy atom. The Hall–Kier alpha value is -1.18. The average molecular weight is 170 g/mol.